The van der Waals surface area contributed by atoms with Gasteiger partial charge in [-0.3, -0.25) is 9.69 Å². The first kappa shape index (κ1) is 25.5. The summed E-state index contributed by atoms with van der Waals surface area (Å²) in [7, 11) is 0. The van der Waals surface area contributed by atoms with Crippen molar-refractivity contribution in [2.45, 2.75) is 51.5 Å². The third-order valence-electron chi connectivity index (χ3n) is 3.48. The van der Waals surface area contributed by atoms with E-state index >= 15 is 0 Å². The summed E-state index contributed by atoms with van der Waals surface area (Å²) in [4.78, 5) is 16.7. The monoisotopic (exact) mass is 352 g/mol. The molecule has 23 heavy (non-hydrogen) atoms. The number of aliphatic hydroxyl groups excluding tert-OH is 1. The summed E-state index contributed by atoms with van der Waals surface area (Å²) in [5.74, 6) is -1.03. The quantitative estimate of drug-likeness (QED) is 0.124. The smallest absolute Gasteiger partial charge is 0.862 e. The Labute approximate surface area is 182 Å². The Morgan fingerprint density at radius 2 is 2.00 bits per heavy atom. The van der Waals surface area contributed by atoms with Crippen molar-refractivity contribution >= 4 is 11.9 Å². The Morgan fingerprint density at radius 1 is 1.30 bits per heavy atom. The van der Waals surface area contributed by atoms with Crippen LogP contribution in [0.25, 0.3) is 0 Å². The molecule has 0 aromatic carbocycles. The third kappa shape index (κ3) is 14.3. The van der Waals surface area contributed by atoms with Crippen molar-refractivity contribution in [3.05, 3.63) is 12.7 Å². The molecule has 0 fully saturated rings. The molecule has 2 N–H and O–H groups in total. The van der Waals surface area contributed by atoms with E-state index < -0.39 is 12.0 Å². The molecule has 128 valence electrons. The molecule has 7 heteroatoms. The second-order valence-electron chi connectivity index (χ2n) is 5.29. The van der Waals surface area contributed by atoms with E-state index in [-0.39, 0.29) is 63.9 Å². The number of unbranched alkanes of at least 4 members (excludes halogenated alkanes) is 3. The van der Waals surface area contributed by atoms with Gasteiger partial charge in [-0.2, -0.15) is 0 Å². The topological polar surface area (TPSA) is 96.2 Å². The molecule has 0 aromatic rings. The predicted molar refractivity (Wildman–Crippen MR) is 86.0 cm³/mol. The van der Waals surface area contributed by atoms with Gasteiger partial charge in [0.25, 0.3) is 0 Å². The van der Waals surface area contributed by atoms with Crippen molar-refractivity contribution in [1.82, 2.24) is 4.90 Å². The van der Waals surface area contributed by atoms with Gasteiger partial charge in [-0.15, -0.1) is 6.58 Å². The van der Waals surface area contributed by atoms with Crippen LogP contribution in [-0.2, 0) is 4.79 Å². The van der Waals surface area contributed by atoms with Crippen LogP contribution in [0.4, 0.5) is 0 Å². The number of carbonyl (C=O) groups is 1. The van der Waals surface area contributed by atoms with Crippen LogP contribution in [-0.4, -0.2) is 59.3 Å². The van der Waals surface area contributed by atoms with Gasteiger partial charge in [-0.05, 0) is 44.9 Å². The van der Waals surface area contributed by atoms with Crippen LogP contribution in [0, 0.1) is 0 Å². The minimum atomic E-state index is -0.911. The standard InChI is InChI=1S/C16H30N2O4.K/c1-3-4-5-6-7-9-15(20)17-10-12-18(11-8-13-19)14(2)16(21)22;/h3,14,19H,1,4-13H2,2H3,(H,17,20)(H,21,22);/q;+1/p-1. The molecule has 0 spiro atoms. The molecule has 0 aliphatic heterocycles. The number of allylic oxidation sites excluding steroid dienone is 1. The number of hydrogen-bond acceptors (Lipinski definition) is 5. The SMILES string of the molecule is C=CCCCCCC([O-])=NCCN(CCCO)C(C)C(=O)O.[K+]. The molecule has 0 bridgehead atoms. The number of aliphatic carboxylic acids is 1. The summed E-state index contributed by atoms with van der Waals surface area (Å²) in [5.41, 5.74) is 0. The normalized spacial score (nSPS) is 12.7. The maximum atomic E-state index is 11.6. The van der Waals surface area contributed by atoms with Gasteiger partial charge >= 0.3 is 57.4 Å². The van der Waals surface area contributed by atoms with E-state index in [0.717, 1.165) is 25.7 Å². The van der Waals surface area contributed by atoms with Gasteiger partial charge in [-0.25, -0.2) is 0 Å². The van der Waals surface area contributed by atoms with E-state index in [1.54, 1.807) is 11.8 Å². The van der Waals surface area contributed by atoms with Gasteiger partial charge in [0, 0.05) is 19.7 Å². The van der Waals surface area contributed by atoms with E-state index in [9.17, 15) is 9.90 Å². The molecular formula is C16H29KN2O4. The molecule has 1 atom stereocenters. The second-order valence-corrected chi connectivity index (χ2v) is 5.29. The minimum absolute atomic E-state index is 0. The van der Waals surface area contributed by atoms with Gasteiger partial charge in [0.15, 0.2) is 0 Å². The molecule has 0 saturated heterocycles. The number of hydrogen-bond donors (Lipinski definition) is 2. The number of carboxylic acid groups (broad SMARTS) is 1. The number of aliphatic imine (C=N–C) groups is 1. The van der Waals surface area contributed by atoms with Crippen molar-refractivity contribution in [2.75, 3.05) is 26.2 Å². The van der Waals surface area contributed by atoms with Crippen molar-refractivity contribution in [1.29, 1.82) is 0 Å². The third-order valence-corrected chi connectivity index (χ3v) is 3.48. The first-order valence-electron chi connectivity index (χ1n) is 7.91. The Kier molecular flexibility index (Phi) is 18.9. The molecular weight excluding hydrogens is 323 g/mol. The zero-order chi connectivity index (χ0) is 16.8. The summed E-state index contributed by atoms with van der Waals surface area (Å²) in [6, 6.07) is -0.643. The number of aliphatic hydroxyl groups is 1. The van der Waals surface area contributed by atoms with Gasteiger partial charge in [-0.1, -0.05) is 12.5 Å². The Bertz CT molecular complexity index is 351. The molecule has 0 saturated carbocycles. The zero-order valence-corrected chi connectivity index (χ0v) is 17.7. The first-order chi connectivity index (χ1) is 10.5. The molecule has 0 radical (unpaired) electrons. The Hall–Kier alpha value is 0.236. The van der Waals surface area contributed by atoms with Crippen LogP contribution in [0.1, 0.15) is 45.4 Å². The maximum absolute atomic E-state index is 11.6. The predicted octanol–water partition coefficient (Wildman–Crippen LogP) is -1.96. The van der Waals surface area contributed by atoms with Crippen molar-refractivity contribution in [3.8, 4) is 0 Å². The molecule has 0 aliphatic rings. The average molecular weight is 353 g/mol. The summed E-state index contributed by atoms with van der Waals surface area (Å²) >= 11 is 0. The number of carboxylic acids is 1. The second kappa shape index (κ2) is 17.1. The molecule has 0 aromatic heterocycles. The molecule has 0 aliphatic carbocycles. The fourth-order valence-corrected chi connectivity index (χ4v) is 2.05. The summed E-state index contributed by atoms with van der Waals surface area (Å²) in [6.45, 7) is 6.46. The summed E-state index contributed by atoms with van der Waals surface area (Å²) in [5, 5.41) is 29.5. The Balaban J connectivity index is 0. The van der Waals surface area contributed by atoms with Crippen LogP contribution < -0.4 is 56.5 Å². The van der Waals surface area contributed by atoms with Crippen LogP contribution in [0.3, 0.4) is 0 Å². The summed E-state index contributed by atoms with van der Waals surface area (Å²) < 4.78 is 0. The van der Waals surface area contributed by atoms with Crippen LogP contribution in [0.5, 0.6) is 0 Å². The van der Waals surface area contributed by atoms with Gasteiger partial charge in [0.2, 0.25) is 0 Å². The van der Waals surface area contributed by atoms with Crippen molar-refractivity contribution in [2.24, 2.45) is 4.99 Å². The molecule has 6 nitrogen and oxygen atoms in total. The van der Waals surface area contributed by atoms with E-state index in [1.165, 1.54) is 0 Å². The minimum Gasteiger partial charge on any atom is -0.862 e. The first-order valence-corrected chi connectivity index (χ1v) is 7.91. The fraction of sp³-hybridized carbons (Fsp3) is 0.750. The average Bonchev–Trinajstić information content (AvgIpc) is 2.49. The zero-order valence-electron chi connectivity index (χ0n) is 14.5. The molecule has 1 unspecified atom stereocenters. The van der Waals surface area contributed by atoms with Crippen molar-refractivity contribution in [3.63, 3.8) is 0 Å². The van der Waals surface area contributed by atoms with Crippen LogP contribution in [0.2, 0.25) is 0 Å². The molecule has 0 heterocycles. The van der Waals surface area contributed by atoms with E-state index in [2.05, 4.69) is 11.6 Å². The van der Waals surface area contributed by atoms with Crippen molar-refractivity contribution < 1.29 is 71.5 Å². The maximum Gasteiger partial charge on any atom is 1.00 e. The van der Waals surface area contributed by atoms with Gasteiger partial charge < -0.3 is 20.3 Å². The van der Waals surface area contributed by atoms with Crippen LogP contribution >= 0.6 is 0 Å². The van der Waals surface area contributed by atoms with Gasteiger partial charge in [0.05, 0.1) is 6.54 Å². The number of rotatable bonds is 14. The molecule has 0 rings (SSSR count). The largest absolute Gasteiger partial charge is 1.00 e. The molecule has 0 amide bonds. The van der Waals surface area contributed by atoms with Gasteiger partial charge in [0.1, 0.15) is 6.04 Å². The fourth-order valence-electron chi connectivity index (χ4n) is 2.05. The van der Waals surface area contributed by atoms with Crippen LogP contribution in [0.15, 0.2) is 17.6 Å². The Morgan fingerprint density at radius 3 is 2.57 bits per heavy atom. The van der Waals surface area contributed by atoms with E-state index in [0.29, 0.717) is 32.5 Å². The number of nitrogens with zero attached hydrogens (tertiary/aromatic N) is 2. The van der Waals surface area contributed by atoms with E-state index in [1.807, 2.05) is 6.08 Å². The van der Waals surface area contributed by atoms with E-state index in [4.69, 9.17) is 10.2 Å². The summed E-state index contributed by atoms with van der Waals surface area (Å²) in [6.07, 6.45) is 6.66.